The summed E-state index contributed by atoms with van der Waals surface area (Å²) < 4.78 is 71.3. The molecule has 88 heavy (non-hydrogen) atoms. The molecule has 472 valence electrons. The molecule has 0 spiro atoms. The van der Waals surface area contributed by atoms with Crippen LogP contribution >= 0.6 is 0 Å². The predicted molar refractivity (Wildman–Crippen MR) is 337 cm³/mol. The molecule has 24 heteroatoms. The number of rotatable bonds is 14. The molecule has 4 aromatic carbocycles. The zero-order valence-corrected chi connectivity index (χ0v) is 51.4. The van der Waals surface area contributed by atoms with Gasteiger partial charge in [-0.05, 0) is 88.4 Å². The third-order valence-electron chi connectivity index (χ3n) is 15.0. The maximum absolute atomic E-state index is 13.0. The summed E-state index contributed by atoms with van der Waals surface area (Å²) in [4.78, 5) is 34.7. The lowest BCUT2D eigenvalue weighted by atomic mass is 10.1. The first kappa shape index (κ1) is 64.5. The van der Waals surface area contributed by atoms with E-state index in [-0.39, 0.29) is 5.69 Å². The zero-order chi connectivity index (χ0) is 61.5. The molecule has 2 fully saturated rings. The molecule has 0 N–H and O–H groups in total. The largest absolute Gasteiger partial charge is 0.495 e. The topological polar surface area (TPSA) is 227 Å². The summed E-state index contributed by atoms with van der Waals surface area (Å²) in [6.07, 6.45) is 3.43. The molecular formula is C64H82N10O14. The predicted octanol–water partition coefficient (Wildman–Crippen LogP) is 7.56. The molecule has 4 aromatic heterocycles. The summed E-state index contributed by atoms with van der Waals surface area (Å²) in [5.74, 6) is 1.34. The number of ether oxygens (including phenoxy) is 10. The van der Waals surface area contributed by atoms with Gasteiger partial charge in [-0.15, -0.1) is 10.2 Å². The molecule has 2 saturated heterocycles. The molecule has 6 heterocycles. The second kappa shape index (κ2) is 33.4. The molecule has 0 saturated carbocycles. The quantitative estimate of drug-likeness (QED) is 0.0957. The smallest absolute Gasteiger partial charge is 0.362 e. The Hall–Kier alpha value is -7.94. The van der Waals surface area contributed by atoms with Crippen molar-refractivity contribution >= 4 is 44.7 Å². The number of aromatic nitrogens is 6. The molecule has 24 nitrogen and oxygen atoms in total. The Labute approximate surface area is 512 Å². The number of nitrogens with zero attached hydrogens (tertiary/aromatic N) is 10. The molecule has 10 rings (SSSR count). The molecule has 0 atom stereocenters. The first-order chi connectivity index (χ1) is 43.2. The Bertz CT molecular complexity index is 3300. The van der Waals surface area contributed by atoms with Gasteiger partial charge in [0.1, 0.15) is 34.1 Å². The Morgan fingerprint density at radius 2 is 0.852 bits per heavy atom. The van der Waals surface area contributed by atoms with Gasteiger partial charge in [0.25, 0.3) is 0 Å². The van der Waals surface area contributed by atoms with E-state index in [1.54, 1.807) is 43.4 Å². The number of benzene rings is 4. The van der Waals surface area contributed by atoms with Crippen LogP contribution in [0.4, 0.5) is 22.7 Å². The first-order valence-corrected chi connectivity index (χ1v) is 30.2. The van der Waals surface area contributed by atoms with Gasteiger partial charge >= 0.3 is 11.3 Å². The molecule has 2 aliphatic heterocycles. The van der Waals surface area contributed by atoms with E-state index in [2.05, 4.69) is 67.9 Å². The van der Waals surface area contributed by atoms with Gasteiger partial charge in [-0.25, -0.2) is 19.0 Å². The van der Waals surface area contributed by atoms with Crippen LogP contribution in [0.15, 0.2) is 116 Å². The maximum atomic E-state index is 13.0. The lowest BCUT2D eigenvalue weighted by molar-refractivity contribution is 0.00206. The number of methoxy groups -OCH3 is 2. The van der Waals surface area contributed by atoms with E-state index in [0.29, 0.717) is 172 Å². The van der Waals surface area contributed by atoms with Gasteiger partial charge in [-0.2, -0.15) is 0 Å². The SMILES string of the molecule is CCN(CC)c1ccc2cc(-c3cn(-c4ccc(N5CCOCCOCCOCCOCC5)c(OC)c4)nn3)c(=O)oc2c1.CCN(CC)c1ccc2cc(-n3cc(-c4ccc(N5CCOCCOCCOCCOCC5)c(OC)c4)nn3)c(=O)oc2c1. The van der Waals surface area contributed by atoms with Crippen LogP contribution in [-0.4, -0.2) is 202 Å². The average molecular weight is 1220 g/mol. The molecule has 0 amide bonds. The van der Waals surface area contributed by atoms with Crippen molar-refractivity contribution in [2.45, 2.75) is 27.7 Å². The third kappa shape index (κ3) is 17.2. The second-order valence-corrected chi connectivity index (χ2v) is 20.4. The van der Waals surface area contributed by atoms with Crippen molar-refractivity contribution in [1.29, 1.82) is 0 Å². The number of hydrogen-bond donors (Lipinski definition) is 0. The lowest BCUT2D eigenvalue weighted by Crippen LogP contribution is -2.32. The standard InChI is InChI=1S/2C32H41N5O7/c1-4-35(5-2)26-8-6-25-20-29(32(38)44-30(25)22-26)37-23-27(33-34-37)24-7-9-28(31(21-24)39-3)36-10-12-40-14-16-42-18-19-43-17-15-41-13-11-36;1-4-35(5-2)25-7-6-24-20-27(32(38)44-30(24)21-25)28-23-37(34-33-28)26-8-9-29(31(22-26)39-3)36-10-12-40-14-16-42-18-19-43-17-15-41-13-11-36/h2*6-9,20-23H,4-5,10-19H2,1-3H3. The van der Waals surface area contributed by atoms with Crippen molar-refractivity contribution < 1.29 is 56.2 Å². The fraction of sp³-hybridized carbons (Fsp3) is 0.469. The molecule has 0 bridgehead atoms. The van der Waals surface area contributed by atoms with Crippen LogP contribution in [0.25, 0.3) is 55.8 Å². The van der Waals surface area contributed by atoms with E-state index in [9.17, 15) is 9.59 Å². The molecule has 0 aliphatic carbocycles. The fourth-order valence-electron chi connectivity index (χ4n) is 10.2. The highest BCUT2D eigenvalue weighted by molar-refractivity contribution is 5.84. The van der Waals surface area contributed by atoms with E-state index >= 15 is 0 Å². The summed E-state index contributed by atoms with van der Waals surface area (Å²) in [5.41, 5.74) is 7.13. The molecule has 0 unspecified atom stereocenters. The summed E-state index contributed by atoms with van der Waals surface area (Å²) in [7, 11) is 3.28. The molecule has 2 aliphatic rings. The zero-order valence-electron chi connectivity index (χ0n) is 51.4. The third-order valence-corrected chi connectivity index (χ3v) is 15.0. The highest BCUT2D eigenvalue weighted by Crippen LogP contribution is 2.34. The van der Waals surface area contributed by atoms with Gasteiger partial charge < -0.3 is 75.8 Å². The number of anilines is 4. The minimum atomic E-state index is -0.488. The van der Waals surface area contributed by atoms with Gasteiger partial charge in [0.15, 0.2) is 5.69 Å². The van der Waals surface area contributed by atoms with Crippen molar-refractivity contribution in [1.82, 2.24) is 30.0 Å². The van der Waals surface area contributed by atoms with Gasteiger partial charge in [-0.1, -0.05) is 16.5 Å². The normalized spacial score (nSPS) is 15.9. The van der Waals surface area contributed by atoms with Crippen molar-refractivity contribution in [3.8, 4) is 45.4 Å². The summed E-state index contributed by atoms with van der Waals surface area (Å²) in [6.45, 7) is 22.9. The highest BCUT2D eigenvalue weighted by atomic mass is 16.6. The van der Waals surface area contributed by atoms with Crippen LogP contribution in [0, 0.1) is 0 Å². The Morgan fingerprint density at radius 3 is 1.34 bits per heavy atom. The second-order valence-electron chi connectivity index (χ2n) is 20.4. The van der Waals surface area contributed by atoms with E-state index in [1.807, 2.05) is 72.8 Å². The molecule has 8 aromatic rings. The maximum Gasteiger partial charge on any atom is 0.362 e. The number of hydrogen-bond acceptors (Lipinski definition) is 22. The Balaban J connectivity index is 0.000000209. The fourth-order valence-corrected chi connectivity index (χ4v) is 10.2. The monoisotopic (exact) mass is 1210 g/mol. The molecule has 0 radical (unpaired) electrons. The first-order valence-electron chi connectivity index (χ1n) is 30.2. The summed E-state index contributed by atoms with van der Waals surface area (Å²) >= 11 is 0. The Kier molecular flexibility index (Phi) is 24.5. The van der Waals surface area contributed by atoms with Crippen LogP contribution in [0.5, 0.6) is 11.5 Å². The van der Waals surface area contributed by atoms with Crippen LogP contribution in [0.3, 0.4) is 0 Å². The van der Waals surface area contributed by atoms with Gasteiger partial charge in [-0.3, -0.25) is 0 Å². The van der Waals surface area contributed by atoms with E-state index in [0.717, 1.165) is 71.0 Å². The van der Waals surface area contributed by atoms with E-state index in [4.69, 9.17) is 56.2 Å². The van der Waals surface area contributed by atoms with E-state index < -0.39 is 11.3 Å². The van der Waals surface area contributed by atoms with Crippen molar-refractivity contribution in [3.63, 3.8) is 0 Å². The van der Waals surface area contributed by atoms with Crippen molar-refractivity contribution in [2.24, 2.45) is 0 Å². The van der Waals surface area contributed by atoms with E-state index in [1.165, 1.54) is 4.68 Å². The number of fused-ring (bicyclic) bond motifs is 2. The van der Waals surface area contributed by atoms with Crippen LogP contribution in [0.1, 0.15) is 27.7 Å². The van der Waals surface area contributed by atoms with Crippen LogP contribution in [0.2, 0.25) is 0 Å². The van der Waals surface area contributed by atoms with Gasteiger partial charge in [0.2, 0.25) is 0 Å². The summed E-state index contributed by atoms with van der Waals surface area (Å²) in [5, 5.41) is 18.8. The van der Waals surface area contributed by atoms with Crippen LogP contribution in [-0.2, 0) is 37.9 Å². The van der Waals surface area contributed by atoms with Gasteiger partial charge in [0, 0.05) is 98.3 Å². The van der Waals surface area contributed by atoms with Gasteiger partial charge in [0.05, 0.1) is 155 Å². The summed E-state index contributed by atoms with van der Waals surface area (Å²) in [6, 6.07) is 27.0. The van der Waals surface area contributed by atoms with Crippen molar-refractivity contribution in [3.05, 3.63) is 118 Å². The van der Waals surface area contributed by atoms with Crippen molar-refractivity contribution in [2.75, 3.05) is 192 Å². The van der Waals surface area contributed by atoms with Crippen LogP contribution < -0.4 is 40.3 Å². The average Bonchev–Trinajstić information content (AvgIpc) is 3.83. The minimum Gasteiger partial charge on any atom is -0.495 e. The highest BCUT2D eigenvalue weighted by Gasteiger charge is 2.20. The minimum absolute atomic E-state index is 0.285. The Morgan fingerprint density at radius 1 is 0.432 bits per heavy atom. The lowest BCUT2D eigenvalue weighted by Gasteiger charge is -2.26. The molecular weight excluding hydrogens is 1130 g/mol.